The van der Waals surface area contributed by atoms with Crippen molar-refractivity contribution in [1.82, 2.24) is 4.98 Å². The van der Waals surface area contributed by atoms with Crippen molar-refractivity contribution in [3.63, 3.8) is 0 Å². The molecule has 3 heteroatoms. The second kappa shape index (κ2) is 4.23. The predicted molar refractivity (Wildman–Crippen MR) is 63.8 cm³/mol. The van der Waals surface area contributed by atoms with Crippen LogP contribution in [0, 0.1) is 6.92 Å². The van der Waals surface area contributed by atoms with E-state index < -0.39 is 0 Å². The Hall–Kier alpha value is -2.03. The number of methoxy groups -OCH3 is 1. The lowest BCUT2D eigenvalue weighted by atomic mass is 10.0. The molecule has 0 saturated carbocycles. The first-order chi connectivity index (χ1) is 7.70. The Morgan fingerprint density at radius 2 is 1.75 bits per heavy atom. The van der Waals surface area contributed by atoms with Crippen LogP contribution in [0.2, 0.25) is 0 Å². The molecule has 0 aliphatic rings. The highest BCUT2D eigenvalue weighted by molar-refractivity contribution is 5.66. The molecule has 0 saturated heterocycles. The summed E-state index contributed by atoms with van der Waals surface area (Å²) in [6.45, 7) is 1.89. The fourth-order valence-corrected chi connectivity index (χ4v) is 1.66. The van der Waals surface area contributed by atoms with Crippen LogP contribution in [0.5, 0.6) is 5.75 Å². The third-order valence-electron chi connectivity index (χ3n) is 2.52. The maximum absolute atomic E-state index is 11.1. The largest absolute Gasteiger partial charge is 0.497 e. The molecular weight excluding hydrogens is 202 g/mol. The lowest BCUT2D eigenvalue weighted by Crippen LogP contribution is -2.05. The van der Waals surface area contributed by atoms with Gasteiger partial charge in [0.1, 0.15) is 5.75 Å². The fourth-order valence-electron chi connectivity index (χ4n) is 1.66. The van der Waals surface area contributed by atoms with Gasteiger partial charge in [-0.25, -0.2) is 0 Å². The van der Waals surface area contributed by atoms with Crippen molar-refractivity contribution in [3.8, 4) is 16.9 Å². The fraction of sp³-hybridized carbons (Fsp3) is 0.154. The summed E-state index contributed by atoms with van der Waals surface area (Å²) in [7, 11) is 1.64. The van der Waals surface area contributed by atoms with E-state index in [1.54, 1.807) is 7.11 Å². The van der Waals surface area contributed by atoms with Gasteiger partial charge in [-0.3, -0.25) is 4.79 Å². The van der Waals surface area contributed by atoms with Crippen molar-refractivity contribution in [2.45, 2.75) is 6.92 Å². The number of pyridine rings is 1. The molecule has 0 fully saturated rings. The first-order valence-corrected chi connectivity index (χ1v) is 5.05. The molecule has 0 aliphatic carbocycles. The van der Waals surface area contributed by atoms with Crippen LogP contribution in [-0.2, 0) is 0 Å². The number of hydrogen-bond donors (Lipinski definition) is 1. The summed E-state index contributed by atoms with van der Waals surface area (Å²) in [5.41, 5.74) is 2.89. The van der Waals surface area contributed by atoms with E-state index in [2.05, 4.69) is 4.98 Å². The molecule has 0 amide bonds. The van der Waals surface area contributed by atoms with Crippen LogP contribution in [0.3, 0.4) is 0 Å². The summed E-state index contributed by atoms with van der Waals surface area (Å²) in [4.78, 5) is 13.9. The highest BCUT2D eigenvalue weighted by Crippen LogP contribution is 2.23. The van der Waals surface area contributed by atoms with Gasteiger partial charge in [0.15, 0.2) is 0 Å². The minimum atomic E-state index is -0.0743. The zero-order valence-corrected chi connectivity index (χ0v) is 9.28. The highest BCUT2D eigenvalue weighted by atomic mass is 16.5. The van der Waals surface area contributed by atoms with Crippen molar-refractivity contribution >= 4 is 0 Å². The first-order valence-electron chi connectivity index (χ1n) is 5.05. The lowest BCUT2D eigenvalue weighted by molar-refractivity contribution is 0.415. The van der Waals surface area contributed by atoms with Gasteiger partial charge in [0.05, 0.1) is 7.11 Å². The topological polar surface area (TPSA) is 42.1 Å². The number of aromatic nitrogens is 1. The van der Waals surface area contributed by atoms with Crippen LogP contribution in [0.1, 0.15) is 5.69 Å². The lowest BCUT2D eigenvalue weighted by Gasteiger charge is -2.06. The number of benzene rings is 1. The van der Waals surface area contributed by atoms with E-state index in [0.717, 1.165) is 22.6 Å². The summed E-state index contributed by atoms with van der Waals surface area (Å²) >= 11 is 0. The van der Waals surface area contributed by atoms with Gasteiger partial charge in [-0.05, 0) is 30.7 Å². The van der Waals surface area contributed by atoms with Gasteiger partial charge in [0.2, 0.25) is 5.56 Å². The van der Waals surface area contributed by atoms with Gasteiger partial charge in [0.25, 0.3) is 0 Å². The molecule has 1 aromatic heterocycles. The second-order valence-electron chi connectivity index (χ2n) is 3.59. The van der Waals surface area contributed by atoms with E-state index in [-0.39, 0.29) is 5.56 Å². The molecule has 0 spiro atoms. The maximum Gasteiger partial charge on any atom is 0.248 e. The molecule has 0 unspecified atom stereocenters. The minimum Gasteiger partial charge on any atom is -0.497 e. The van der Waals surface area contributed by atoms with Gasteiger partial charge in [-0.1, -0.05) is 12.1 Å². The first kappa shape index (κ1) is 10.5. The number of aryl methyl sites for hydroxylation is 1. The normalized spacial score (nSPS) is 10.1. The van der Waals surface area contributed by atoms with E-state index in [0.29, 0.717) is 0 Å². The van der Waals surface area contributed by atoms with Crippen LogP contribution in [0.25, 0.3) is 11.1 Å². The van der Waals surface area contributed by atoms with E-state index in [4.69, 9.17) is 4.74 Å². The van der Waals surface area contributed by atoms with Crippen LogP contribution in [0.4, 0.5) is 0 Å². The minimum absolute atomic E-state index is 0.0743. The summed E-state index contributed by atoms with van der Waals surface area (Å²) in [5, 5.41) is 0. The maximum atomic E-state index is 11.1. The van der Waals surface area contributed by atoms with E-state index in [1.165, 1.54) is 6.07 Å². The molecule has 2 aromatic rings. The molecule has 3 nitrogen and oxygen atoms in total. The third-order valence-corrected chi connectivity index (χ3v) is 2.52. The molecule has 16 heavy (non-hydrogen) atoms. The van der Waals surface area contributed by atoms with Crippen LogP contribution < -0.4 is 10.3 Å². The number of ether oxygens (including phenoxy) is 1. The molecule has 0 atom stereocenters. The number of rotatable bonds is 2. The average Bonchev–Trinajstić information content (AvgIpc) is 2.29. The van der Waals surface area contributed by atoms with Crippen molar-refractivity contribution in [2.75, 3.05) is 7.11 Å². The monoisotopic (exact) mass is 215 g/mol. The Labute approximate surface area is 93.7 Å². The molecule has 0 bridgehead atoms. The molecule has 2 rings (SSSR count). The zero-order valence-electron chi connectivity index (χ0n) is 9.28. The molecular formula is C13H13NO2. The molecule has 0 radical (unpaired) electrons. The SMILES string of the molecule is COc1ccc(-c2ccc(=O)[nH]c2C)cc1. The summed E-state index contributed by atoms with van der Waals surface area (Å²) in [6.07, 6.45) is 0. The smallest absolute Gasteiger partial charge is 0.248 e. The van der Waals surface area contributed by atoms with E-state index >= 15 is 0 Å². The van der Waals surface area contributed by atoms with E-state index in [1.807, 2.05) is 37.3 Å². The van der Waals surface area contributed by atoms with Crippen LogP contribution in [0.15, 0.2) is 41.2 Å². The van der Waals surface area contributed by atoms with Gasteiger partial charge in [-0.15, -0.1) is 0 Å². The summed E-state index contributed by atoms with van der Waals surface area (Å²) < 4.78 is 5.10. The van der Waals surface area contributed by atoms with Crippen molar-refractivity contribution in [2.24, 2.45) is 0 Å². The standard InChI is InChI=1S/C13H13NO2/c1-9-12(7-8-13(15)14-9)10-3-5-11(16-2)6-4-10/h3-8H,1-2H3,(H,14,15). The molecule has 1 aromatic carbocycles. The van der Waals surface area contributed by atoms with Gasteiger partial charge in [0, 0.05) is 17.3 Å². The van der Waals surface area contributed by atoms with Gasteiger partial charge in [-0.2, -0.15) is 0 Å². The summed E-state index contributed by atoms with van der Waals surface area (Å²) in [5.74, 6) is 0.825. The van der Waals surface area contributed by atoms with E-state index in [9.17, 15) is 4.79 Å². The second-order valence-corrected chi connectivity index (χ2v) is 3.59. The molecule has 82 valence electrons. The number of aromatic amines is 1. The Kier molecular flexibility index (Phi) is 2.77. The Bertz CT molecular complexity index is 541. The quantitative estimate of drug-likeness (QED) is 0.835. The number of nitrogens with one attached hydrogen (secondary N) is 1. The van der Waals surface area contributed by atoms with Gasteiger partial charge < -0.3 is 9.72 Å². The number of H-pyrrole nitrogens is 1. The Balaban J connectivity index is 2.46. The average molecular weight is 215 g/mol. The van der Waals surface area contributed by atoms with Crippen LogP contribution in [-0.4, -0.2) is 12.1 Å². The summed E-state index contributed by atoms with van der Waals surface area (Å²) in [6, 6.07) is 11.1. The number of hydrogen-bond acceptors (Lipinski definition) is 2. The Morgan fingerprint density at radius 1 is 1.06 bits per heavy atom. The van der Waals surface area contributed by atoms with Crippen molar-refractivity contribution in [3.05, 3.63) is 52.4 Å². The Morgan fingerprint density at radius 3 is 2.31 bits per heavy atom. The molecule has 0 aliphatic heterocycles. The van der Waals surface area contributed by atoms with Crippen LogP contribution >= 0.6 is 0 Å². The molecule has 1 N–H and O–H groups in total. The van der Waals surface area contributed by atoms with Gasteiger partial charge >= 0.3 is 0 Å². The predicted octanol–water partition coefficient (Wildman–Crippen LogP) is 2.36. The van der Waals surface area contributed by atoms with Crippen molar-refractivity contribution in [1.29, 1.82) is 0 Å². The highest BCUT2D eigenvalue weighted by Gasteiger charge is 2.02. The zero-order chi connectivity index (χ0) is 11.5. The molecule has 1 heterocycles. The van der Waals surface area contributed by atoms with Crippen molar-refractivity contribution < 1.29 is 4.74 Å². The third kappa shape index (κ3) is 1.98.